The minimum atomic E-state index is -1.11. The lowest BCUT2D eigenvalue weighted by molar-refractivity contribution is -0.140. The van der Waals surface area contributed by atoms with Crippen LogP contribution in [-0.2, 0) is 9.59 Å². The molecule has 0 spiro atoms. The number of carbonyl (C=O) groups is 2. The van der Waals surface area contributed by atoms with Gasteiger partial charge in [0.25, 0.3) is 5.91 Å². The zero-order valence-corrected chi connectivity index (χ0v) is 18.0. The van der Waals surface area contributed by atoms with Gasteiger partial charge in [-0.2, -0.15) is 5.26 Å². The van der Waals surface area contributed by atoms with Gasteiger partial charge in [-0.15, -0.1) is 0 Å². The van der Waals surface area contributed by atoms with Crippen LogP contribution in [0, 0.1) is 11.3 Å². The molecule has 0 radical (unpaired) electrons. The second-order valence-corrected chi connectivity index (χ2v) is 9.04. The number of thiocarbonyl (C=S) groups is 1. The van der Waals surface area contributed by atoms with Crippen molar-refractivity contribution in [1.29, 1.82) is 5.26 Å². The summed E-state index contributed by atoms with van der Waals surface area (Å²) in [5.74, 6) is -1.51. The molecule has 0 atom stereocenters. The van der Waals surface area contributed by atoms with E-state index in [0.29, 0.717) is 10.5 Å². The van der Waals surface area contributed by atoms with E-state index in [-0.39, 0.29) is 4.32 Å². The van der Waals surface area contributed by atoms with Crippen molar-refractivity contribution in [3.63, 3.8) is 0 Å². The Bertz CT molecular complexity index is 968. The molecular weight excluding hydrogens is 470 g/mol. The highest BCUT2D eigenvalue weighted by Gasteiger charge is 2.33. The van der Waals surface area contributed by atoms with Gasteiger partial charge in [0.2, 0.25) is 0 Å². The lowest BCUT2D eigenvalue weighted by atomic mass is 10.2. The Morgan fingerprint density at radius 3 is 2.74 bits per heavy atom. The molecule has 1 N–H and O–H groups in total. The number of rotatable bonds is 4. The first-order chi connectivity index (χ1) is 12.8. The molecule has 138 valence electrons. The summed E-state index contributed by atoms with van der Waals surface area (Å²) in [5.41, 5.74) is 1.56. The van der Waals surface area contributed by atoms with Crippen molar-refractivity contribution in [3.8, 4) is 6.07 Å². The Hall–Kier alpha value is -1.80. The Morgan fingerprint density at radius 1 is 1.37 bits per heavy atom. The average molecular weight is 482 g/mol. The number of carbonyl (C=O) groups excluding carboxylic acids is 1. The van der Waals surface area contributed by atoms with Gasteiger partial charge in [-0.25, -0.2) is 0 Å². The van der Waals surface area contributed by atoms with Crippen molar-refractivity contribution < 1.29 is 14.7 Å². The molecule has 2 heterocycles. The van der Waals surface area contributed by atoms with Crippen LogP contribution in [0.1, 0.15) is 12.5 Å². The van der Waals surface area contributed by atoms with Crippen molar-refractivity contribution in [3.05, 3.63) is 44.3 Å². The molecule has 1 aromatic rings. The predicted octanol–water partition coefficient (Wildman–Crippen LogP) is 3.92. The standard InChI is InChI=1S/C17H12BrN3O3S3/c1-2-20-11-6-10(18)9(7-19)5-13(11)26-14(20)4-3-12-16(24)21(8-15(22)23)17(25)27-12/h3-6H,2,8H2,1H3,(H,22,23)/b12-3+,14-4-. The normalized spacial score (nSPS) is 19.1. The summed E-state index contributed by atoms with van der Waals surface area (Å²) in [4.78, 5) is 27.7. The van der Waals surface area contributed by atoms with Crippen molar-refractivity contribution in [2.24, 2.45) is 0 Å². The molecule has 1 saturated heterocycles. The molecule has 0 unspecified atom stereocenters. The fraction of sp³-hybridized carbons (Fsp3) is 0.176. The highest BCUT2D eigenvalue weighted by atomic mass is 79.9. The maximum atomic E-state index is 12.3. The van der Waals surface area contributed by atoms with E-state index in [2.05, 4.69) is 26.9 Å². The second kappa shape index (κ2) is 8.06. The van der Waals surface area contributed by atoms with Gasteiger partial charge in [-0.1, -0.05) is 35.7 Å². The summed E-state index contributed by atoms with van der Waals surface area (Å²) in [6.07, 6.45) is 3.49. The lowest BCUT2D eigenvalue weighted by Gasteiger charge is -2.18. The number of thioether (sulfide) groups is 2. The first kappa shape index (κ1) is 19.9. The number of fused-ring (bicyclic) bond motifs is 1. The predicted molar refractivity (Wildman–Crippen MR) is 113 cm³/mol. The fourth-order valence-electron chi connectivity index (χ4n) is 2.59. The molecule has 0 bridgehead atoms. The summed E-state index contributed by atoms with van der Waals surface area (Å²) in [7, 11) is 0. The van der Waals surface area contributed by atoms with E-state index in [1.165, 1.54) is 11.8 Å². The number of aliphatic carboxylic acids is 1. The Kier molecular flexibility index (Phi) is 5.95. The third-order valence-corrected chi connectivity index (χ3v) is 6.97. The summed E-state index contributed by atoms with van der Waals surface area (Å²) in [6.45, 7) is 2.30. The molecule has 1 amide bonds. The Labute approximate surface area is 178 Å². The summed E-state index contributed by atoms with van der Waals surface area (Å²) in [5, 5.41) is 19.0. The lowest BCUT2D eigenvalue weighted by Crippen LogP contribution is -2.33. The minimum Gasteiger partial charge on any atom is -0.480 e. The van der Waals surface area contributed by atoms with Crippen LogP contribution in [0.4, 0.5) is 5.69 Å². The molecule has 2 aliphatic rings. The van der Waals surface area contributed by atoms with Gasteiger partial charge in [0.05, 0.1) is 21.2 Å². The Morgan fingerprint density at radius 2 is 2.11 bits per heavy atom. The SMILES string of the molecule is CCN1/C(=C/C=C2/SC(=S)N(CC(=O)O)C2=O)Sc2cc(C#N)c(Br)cc21. The van der Waals surface area contributed by atoms with E-state index >= 15 is 0 Å². The maximum absolute atomic E-state index is 12.3. The third-order valence-electron chi connectivity index (χ3n) is 3.80. The highest BCUT2D eigenvalue weighted by molar-refractivity contribution is 9.10. The zero-order chi connectivity index (χ0) is 19.7. The summed E-state index contributed by atoms with van der Waals surface area (Å²) in [6, 6.07) is 5.90. The number of hydrogen-bond acceptors (Lipinski definition) is 7. The number of nitrogens with zero attached hydrogens (tertiary/aromatic N) is 3. The van der Waals surface area contributed by atoms with Crippen LogP contribution in [0.5, 0.6) is 0 Å². The number of allylic oxidation sites excluding steroid dienone is 2. The van der Waals surface area contributed by atoms with Crippen LogP contribution in [-0.4, -0.2) is 39.3 Å². The largest absolute Gasteiger partial charge is 0.480 e. The number of benzene rings is 1. The fourth-order valence-corrected chi connectivity index (χ4v) is 5.36. The van der Waals surface area contributed by atoms with Gasteiger partial charge in [0.15, 0.2) is 0 Å². The first-order valence-electron chi connectivity index (χ1n) is 7.72. The van der Waals surface area contributed by atoms with Gasteiger partial charge in [-0.3, -0.25) is 14.5 Å². The number of nitriles is 1. The number of anilines is 1. The van der Waals surface area contributed by atoms with Crippen LogP contribution >= 0.6 is 51.7 Å². The highest BCUT2D eigenvalue weighted by Crippen LogP contribution is 2.48. The third kappa shape index (κ3) is 3.91. The molecule has 6 nitrogen and oxygen atoms in total. The average Bonchev–Trinajstić information content (AvgIpc) is 3.09. The zero-order valence-electron chi connectivity index (χ0n) is 13.9. The van der Waals surface area contributed by atoms with E-state index in [1.54, 1.807) is 6.08 Å². The van der Waals surface area contributed by atoms with Crippen molar-refractivity contribution in [2.75, 3.05) is 18.0 Å². The van der Waals surface area contributed by atoms with E-state index in [4.69, 9.17) is 17.3 Å². The van der Waals surface area contributed by atoms with Crippen LogP contribution < -0.4 is 4.90 Å². The summed E-state index contributed by atoms with van der Waals surface area (Å²) < 4.78 is 0.975. The molecule has 0 saturated carbocycles. The van der Waals surface area contributed by atoms with Crippen molar-refractivity contribution in [1.82, 2.24) is 4.90 Å². The molecule has 27 heavy (non-hydrogen) atoms. The topological polar surface area (TPSA) is 84.6 Å². The minimum absolute atomic E-state index is 0.240. The Balaban J connectivity index is 1.89. The van der Waals surface area contributed by atoms with Gasteiger partial charge < -0.3 is 10.0 Å². The smallest absolute Gasteiger partial charge is 0.323 e. The molecule has 0 aromatic heterocycles. The summed E-state index contributed by atoms with van der Waals surface area (Å²) >= 11 is 11.1. The number of amides is 1. The van der Waals surface area contributed by atoms with Gasteiger partial charge in [0.1, 0.15) is 16.9 Å². The van der Waals surface area contributed by atoms with Crippen LogP contribution in [0.2, 0.25) is 0 Å². The number of hydrogen-bond donors (Lipinski definition) is 1. The van der Waals surface area contributed by atoms with E-state index in [1.807, 2.05) is 25.1 Å². The maximum Gasteiger partial charge on any atom is 0.323 e. The molecule has 2 aliphatic heterocycles. The van der Waals surface area contributed by atoms with E-state index < -0.39 is 18.4 Å². The molecule has 10 heteroatoms. The van der Waals surface area contributed by atoms with Crippen LogP contribution in [0.25, 0.3) is 0 Å². The van der Waals surface area contributed by atoms with Crippen molar-refractivity contribution >= 4 is 73.6 Å². The van der Waals surface area contributed by atoms with Crippen LogP contribution in [0.15, 0.2) is 43.6 Å². The number of halogens is 1. The van der Waals surface area contributed by atoms with Crippen molar-refractivity contribution in [2.45, 2.75) is 11.8 Å². The molecule has 0 aliphatic carbocycles. The number of carboxylic acid groups (broad SMARTS) is 1. The molecule has 1 fully saturated rings. The molecular formula is C17H12BrN3O3S3. The van der Waals surface area contributed by atoms with E-state index in [9.17, 15) is 14.9 Å². The van der Waals surface area contributed by atoms with Gasteiger partial charge >= 0.3 is 5.97 Å². The number of carboxylic acids is 1. The first-order valence-corrected chi connectivity index (χ1v) is 10.6. The van der Waals surface area contributed by atoms with Gasteiger partial charge in [0, 0.05) is 15.9 Å². The monoisotopic (exact) mass is 481 g/mol. The van der Waals surface area contributed by atoms with Gasteiger partial charge in [-0.05, 0) is 47.1 Å². The van der Waals surface area contributed by atoms with Crippen LogP contribution in [0.3, 0.4) is 0 Å². The molecule has 1 aromatic carbocycles. The van der Waals surface area contributed by atoms with E-state index in [0.717, 1.165) is 43.3 Å². The quantitative estimate of drug-likeness (QED) is 0.511. The second-order valence-electron chi connectivity index (χ2n) is 5.45. The molecule has 3 rings (SSSR count).